The molecule has 0 radical (unpaired) electrons. The molecule has 0 bridgehead atoms. The van der Waals surface area contributed by atoms with E-state index in [0.29, 0.717) is 0 Å². The van der Waals surface area contributed by atoms with Crippen LogP contribution < -0.4 is 14.8 Å². The average molecular weight is 296 g/mol. The van der Waals surface area contributed by atoms with E-state index < -0.39 is 0 Å². The van der Waals surface area contributed by atoms with Crippen LogP contribution in [-0.2, 0) is 6.42 Å². The minimum Gasteiger partial charge on any atom is -0.493 e. The molecular formula is C15H18ClNO3. The van der Waals surface area contributed by atoms with Crippen LogP contribution in [0.5, 0.6) is 11.5 Å². The number of benzene rings is 1. The van der Waals surface area contributed by atoms with Crippen LogP contribution in [0.1, 0.15) is 22.9 Å². The molecule has 1 aliphatic heterocycles. The Labute approximate surface area is 124 Å². The lowest BCUT2D eigenvalue weighted by molar-refractivity contribution is 0.351. The molecule has 3 rings (SSSR count). The van der Waals surface area contributed by atoms with E-state index in [4.69, 9.17) is 13.9 Å². The molecule has 0 spiro atoms. The molecular weight excluding hydrogens is 278 g/mol. The number of rotatable bonds is 3. The van der Waals surface area contributed by atoms with Gasteiger partial charge in [0.15, 0.2) is 11.5 Å². The Balaban J connectivity index is 0.00000147. The van der Waals surface area contributed by atoms with E-state index in [2.05, 4.69) is 11.4 Å². The van der Waals surface area contributed by atoms with Gasteiger partial charge in [-0.25, -0.2) is 0 Å². The molecule has 2 aromatic rings. The van der Waals surface area contributed by atoms with Crippen LogP contribution in [0.3, 0.4) is 0 Å². The van der Waals surface area contributed by atoms with Gasteiger partial charge >= 0.3 is 0 Å². The van der Waals surface area contributed by atoms with E-state index in [1.54, 1.807) is 20.5 Å². The summed E-state index contributed by atoms with van der Waals surface area (Å²) in [7, 11) is 3.32. The van der Waals surface area contributed by atoms with E-state index in [1.807, 2.05) is 18.2 Å². The van der Waals surface area contributed by atoms with Crippen LogP contribution in [0.4, 0.5) is 0 Å². The molecule has 1 N–H and O–H groups in total. The van der Waals surface area contributed by atoms with Gasteiger partial charge in [0.2, 0.25) is 0 Å². The van der Waals surface area contributed by atoms with E-state index in [9.17, 15) is 0 Å². The third-order valence-corrected chi connectivity index (χ3v) is 3.53. The molecule has 20 heavy (non-hydrogen) atoms. The zero-order valence-electron chi connectivity index (χ0n) is 11.5. The highest BCUT2D eigenvalue weighted by atomic mass is 35.5. The van der Waals surface area contributed by atoms with Crippen molar-refractivity contribution in [3.05, 3.63) is 47.4 Å². The largest absolute Gasteiger partial charge is 0.493 e. The van der Waals surface area contributed by atoms with Crippen molar-refractivity contribution < 1.29 is 13.9 Å². The third kappa shape index (κ3) is 2.49. The number of furan rings is 1. The lowest BCUT2D eigenvalue weighted by Gasteiger charge is -2.26. The van der Waals surface area contributed by atoms with Crippen LogP contribution in [0.15, 0.2) is 34.9 Å². The molecule has 1 aliphatic rings. The second-order valence-electron chi connectivity index (χ2n) is 4.56. The normalized spacial score (nSPS) is 17.0. The maximum absolute atomic E-state index is 5.53. The molecule has 0 fully saturated rings. The Hall–Kier alpha value is -1.65. The van der Waals surface area contributed by atoms with Crippen LogP contribution in [0, 0.1) is 0 Å². The van der Waals surface area contributed by atoms with Crippen LogP contribution >= 0.6 is 12.4 Å². The van der Waals surface area contributed by atoms with Crippen molar-refractivity contribution >= 4 is 12.4 Å². The highest BCUT2D eigenvalue weighted by molar-refractivity contribution is 5.85. The first kappa shape index (κ1) is 14.8. The summed E-state index contributed by atoms with van der Waals surface area (Å²) < 4.78 is 16.3. The minimum absolute atomic E-state index is 0. The standard InChI is InChI=1S/C15H17NO3.ClH/c1-17-13-8-10-5-6-16-15(12-4-3-7-19-12)11(10)9-14(13)18-2;/h3-4,7-9,15-16H,5-6H2,1-2H3;1H/t15-;/m1./s1. The lowest BCUT2D eigenvalue weighted by Crippen LogP contribution is -2.30. The smallest absolute Gasteiger partial charge is 0.161 e. The van der Waals surface area contributed by atoms with Crippen molar-refractivity contribution in [2.45, 2.75) is 12.5 Å². The number of fused-ring (bicyclic) bond motifs is 1. The van der Waals surface area contributed by atoms with Gasteiger partial charge in [-0.2, -0.15) is 0 Å². The van der Waals surface area contributed by atoms with Crippen molar-refractivity contribution in [1.82, 2.24) is 5.32 Å². The van der Waals surface area contributed by atoms with E-state index >= 15 is 0 Å². The first-order chi connectivity index (χ1) is 9.33. The van der Waals surface area contributed by atoms with Gasteiger partial charge in [0.1, 0.15) is 5.76 Å². The van der Waals surface area contributed by atoms with Crippen LogP contribution in [0.2, 0.25) is 0 Å². The summed E-state index contributed by atoms with van der Waals surface area (Å²) in [4.78, 5) is 0. The van der Waals surface area contributed by atoms with Crippen molar-refractivity contribution in [2.24, 2.45) is 0 Å². The second kappa shape index (κ2) is 6.20. The Morgan fingerprint density at radius 2 is 1.95 bits per heavy atom. The van der Waals surface area contributed by atoms with Gasteiger partial charge in [0.25, 0.3) is 0 Å². The molecule has 108 valence electrons. The highest BCUT2D eigenvalue weighted by Gasteiger charge is 2.25. The fraction of sp³-hybridized carbons (Fsp3) is 0.333. The molecule has 1 aromatic heterocycles. The number of halogens is 1. The van der Waals surface area contributed by atoms with Crippen LogP contribution in [0.25, 0.3) is 0 Å². The molecule has 1 aromatic carbocycles. The molecule has 2 heterocycles. The molecule has 1 atom stereocenters. The summed E-state index contributed by atoms with van der Waals surface area (Å²) in [5.74, 6) is 2.45. The van der Waals surface area contributed by atoms with E-state index in [-0.39, 0.29) is 18.4 Å². The maximum atomic E-state index is 5.53. The fourth-order valence-corrected chi connectivity index (χ4v) is 2.59. The summed E-state index contributed by atoms with van der Waals surface area (Å²) in [6.07, 6.45) is 2.68. The predicted molar refractivity (Wildman–Crippen MR) is 79.1 cm³/mol. The summed E-state index contributed by atoms with van der Waals surface area (Å²) in [6.45, 7) is 0.924. The van der Waals surface area contributed by atoms with Gasteiger partial charge in [0.05, 0.1) is 26.5 Å². The van der Waals surface area contributed by atoms with Crippen molar-refractivity contribution in [1.29, 1.82) is 0 Å². The maximum Gasteiger partial charge on any atom is 0.161 e. The molecule has 0 unspecified atom stereocenters. The summed E-state index contributed by atoms with van der Waals surface area (Å²) in [5, 5.41) is 3.48. The molecule has 4 nitrogen and oxygen atoms in total. The number of hydrogen-bond donors (Lipinski definition) is 1. The average Bonchev–Trinajstić information content (AvgIpc) is 2.99. The Bertz CT molecular complexity index is 569. The SMILES string of the molecule is COc1cc2c(cc1OC)[C@H](c1ccco1)NCC2.Cl. The zero-order chi connectivity index (χ0) is 13.2. The fourth-order valence-electron chi connectivity index (χ4n) is 2.59. The van der Waals surface area contributed by atoms with Crippen molar-refractivity contribution in [3.63, 3.8) is 0 Å². The predicted octanol–water partition coefficient (Wildman–Crippen LogP) is 2.95. The Morgan fingerprint density at radius 3 is 2.60 bits per heavy atom. The van der Waals surface area contributed by atoms with Gasteiger partial charge in [-0.3, -0.25) is 0 Å². The summed E-state index contributed by atoms with van der Waals surface area (Å²) >= 11 is 0. The minimum atomic E-state index is 0. The molecule has 0 aliphatic carbocycles. The number of methoxy groups -OCH3 is 2. The monoisotopic (exact) mass is 295 g/mol. The molecule has 0 amide bonds. The second-order valence-corrected chi connectivity index (χ2v) is 4.56. The first-order valence-corrected chi connectivity index (χ1v) is 6.35. The number of nitrogens with one attached hydrogen (secondary N) is 1. The van der Waals surface area contributed by atoms with Gasteiger partial charge in [-0.15, -0.1) is 12.4 Å². The summed E-state index contributed by atoms with van der Waals surface area (Å²) in [5.41, 5.74) is 2.47. The number of hydrogen-bond acceptors (Lipinski definition) is 4. The molecule has 0 saturated heterocycles. The van der Waals surface area contributed by atoms with Gasteiger partial charge in [0, 0.05) is 6.54 Å². The van der Waals surface area contributed by atoms with E-state index in [0.717, 1.165) is 30.2 Å². The topological polar surface area (TPSA) is 43.6 Å². The zero-order valence-corrected chi connectivity index (χ0v) is 12.3. The van der Waals surface area contributed by atoms with E-state index in [1.165, 1.54) is 11.1 Å². The third-order valence-electron chi connectivity index (χ3n) is 3.53. The first-order valence-electron chi connectivity index (χ1n) is 6.35. The molecule has 5 heteroatoms. The van der Waals surface area contributed by atoms with Crippen molar-refractivity contribution in [2.75, 3.05) is 20.8 Å². The quantitative estimate of drug-likeness (QED) is 0.945. The highest BCUT2D eigenvalue weighted by Crippen LogP contribution is 2.37. The number of ether oxygens (including phenoxy) is 2. The van der Waals surface area contributed by atoms with Gasteiger partial charge in [-0.1, -0.05) is 0 Å². The summed E-state index contributed by atoms with van der Waals surface area (Å²) in [6, 6.07) is 8.08. The van der Waals surface area contributed by atoms with Gasteiger partial charge < -0.3 is 19.2 Å². The molecule has 0 saturated carbocycles. The van der Waals surface area contributed by atoms with Gasteiger partial charge in [-0.05, 0) is 41.8 Å². The Morgan fingerprint density at radius 1 is 1.20 bits per heavy atom. The Kier molecular flexibility index (Phi) is 4.57. The van der Waals surface area contributed by atoms with Crippen molar-refractivity contribution in [3.8, 4) is 11.5 Å². The lowest BCUT2D eigenvalue weighted by atomic mass is 9.92. The van der Waals surface area contributed by atoms with Crippen LogP contribution in [-0.4, -0.2) is 20.8 Å².